The molecule has 1 aliphatic heterocycles. The Bertz CT molecular complexity index is 352. The van der Waals surface area contributed by atoms with E-state index >= 15 is 0 Å². The second kappa shape index (κ2) is 6.92. The maximum Gasteiger partial charge on any atom is 0.471 e. The molecule has 0 N–H and O–H groups in total. The van der Waals surface area contributed by atoms with Crippen molar-refractivity contribution in [2.24, 2.45) is 0 Å². The van der Waals surface area contributed by atoms with Gasteiger partial charge in [-0.05, 0) is 39.9 Å². The zero-order valence-electron chi connectivity index (χ0n) is 11.6. The molecule has 1 heterocycles. The van der Waals surface area contributed by atoms with E-state index in [0.717, 1.165) is 0 Å². The molecule has 1 fully saturated rings. The SMILES string of the molecule is CCOC(=O)CN(C(=O)C(F)(F)F)C1CCN(C)CC1. The highest BCUT2D eigenvalue weighted by atomic mass is 19.4. The minimum absolute atomic E-state index is 0.0697. The van der Waals surface area contributed by atoms with E-state index in [2.05, 4.69) is 4.74 Å². The van der Waals surface area contributed by atoms with Gasteiger partial charge in [0.25, 0.3) is 0 Å². The smallest absolute Gasteiger partial charge is 0.465 e. The maximum absolute atomic E-state index is 12.6. The molecule has 5 nitrogen and oxygen atoms in total. The normalized spacial score (nSPS) is 17.9. The van der Waals surface area contributed by atoms with Crippen molar-refractivity contribution in [2.75, 3.05) is 33.3 Å². The van der Waals surface area contributed by atoms with E-state index in [9.17, 15) is 22.8 Å². The molecule has 0 aromatic carbocycles. The molecule has 20 heavy (non-hydrogen) atoms. The molecule has 1 rings (SSSR count). The molecular weight excluding hydrogens is 277 g/mol. The molecule has 1 saturated heterocycles. The number of hydrogen-bond donors (Lipinski definition) is 0. The number of piperidine rings is 1. The Balaban J connectivity index is 2.78. The van der Waals surface area contributed by atoms with Crippen LogP contribution in [0, 0.1) is 0 Å². The van der Waals surface area contributed by atoms with Gasteiger partial charge in [-0.25, -0.2) is 0 Å². The summed E-state index contributed by atoms with van der Waals surface area (Å²) >= 11 is 0. The number of rotatable bonds is 4. The molecular formula is C12H19F3N2O3. The highest BCUT2D eigenvalue weighted by Crippen LogP contribution is 2.24. The number of carbonyl (C=O) groups excluding carboxylic acids is 2. The molecule has 0 radical (unpaired) electrons. The lowest BCUT2D eigenvalue weighted by Gasteiger charge is -2.36. The highest BCUT2D eigenvalue weighted by Gasteiger charge is 2.45. The van der Waals surface area contributed by atoms with E-state index in [0.29, 0.717) is 30.8 Å². The number of hydrogen-bond acceptors (Lipinski definition) is 4. The van der Waals surface area contributed by atoms with E-state index < -0.39 is 30.6 Å². The molecule has 0 aromatic heterocycles. The lowest BCUT2D eigenvalue weighted by molar-refractivity contribution is -0.190. The predicted octanol–water partition coefficient (Wildman–Crippen LogP) is 1.03. The number of ether oxygens (including phenoxy) is 1. The highest BCUT2D eigenvalue weighted by molar-refractivity contribution is 5.86. The third-order valence-electron chi connectivity index (χ3n) is 3.24. The first-order valence-corrected chi connectivity index (χ1v) is 6.47. The zero-order chi connectivity index (χ0) is 15.3. The van der Waals surface area contributed by atoms with Gasteiger partial charge in [-0.2, -0.15) is 13.2 Å². The molecule has 0 atom stereocenters. The van der Waals surface area contributed by atoms with E-state index in [-0.39, 0.29) is 6.61 Å². The van der Waals surface area contributed by atoms with Gasteiger partial charge in [0.05, 0.1) is 6.61 Å². The van der Waals surface area contributed by atoms with Crippen molar-refractivity contribution < 1.29 is 27.5 Å². The lowest BCUT2D eigenvalue weighted by Crippen LogP contribution is -2.52. The summed E-state index contributed by atoms with van der Waals surface area (Å²) in [6.07, 6.45) is -4.15. The van der Waals surface area contributed by atoms with Gasteiger partial charge in [0.1, 0.15) is 6.54 Å². The summed E-state index contributed by atoms with van der Waals surface area (Å²) in [5.41, 5.74) is 0. The van der Waals surface area contributed by atoms with Crippen molar-refractivity contribution in [3.8, 4) is 0 Å². The number of esters is 1. The number of carbonyl (C=O) groups is 2. The van der Waals surface area contributed by atoms with E-state index in [4.69, 9.17) is 0 Å². The molecule has 0 aliphatic carbocycles. The van der Waals surface area contributed by atoms with Gasteiger partial charge < -0.3 is 14.5 Å². The first-order chi connectivity index (χ1) is 9.25. The average Bonchev–Trinajstić information content (AvgIpc) is 2.35. The van der Waals surface area contributed by atoms with E-state index in [1.807, 2.05) is 11.9 Å². The summed E-state index contributed by atoms with van der Waals surface area (Å²) in [6.45, 7) is 2.16. The van der Waals surface area contributed by atoms with Crippen molar-refractivity contribution in [1.29, 1.82) is 0 Å². The zero-order valence-corrected chi connectivity index (χ0v) is 11.6. The summed E-state index contributed by atoms with van der Waals surface area (Å²) < 4.78 is 42.5. The van der Waals surface area contributed by atoms with Crippen LogP contribution < -0.4 is 0 Å². The van der Waals surface area contributed by atoms with Gasteiger partial charge in [-0.1, -0.05) is 0 Å². The molecule has 1 amide bonds. The second-order valence-corrected chi connectivity index (χ2v) is 4.77. The molecule has 1 aliphatic rings. The van der Waals surface area contributed by atoms with E-state index in [1.165, 1.54) is 0 Å². The maximum atomic E-state index is 12.6. The summed E-state index contributed by atoms with van der Waals surface area (Å²) in [7, 11) is 1.86. The van der Waals surface area contributed by atoms with Gasteiger partial charge in [0.2, 0.25) is 0 Å². The number of halogens is 3. The Morgan fingerprint density at radius 3 is 2.30 bits per heavy atom. The fourth-order valence-electron chi connectivity index (χ4n) is 2.18. The largest absolute Gasteiger partial charge is 0.471 e. The van der Waals surface area contributed by atoms with Gasteiger partial charge in [0, 0.05) is 6.04 Å². The molecule has 0 bridgehead atoms. The Morgan fingerprint density at radius 1 is 1.30 bits per heavy atom. The average molecular weight is 296 g/mol. The quantitative estimate of drug-likeness (QED) is 0.727. The number of nitrogens with zero attached hydrogens (tertiary/aromatic N) is 2. The first kappa shape index (κ1) is 16.7. The van der Waals surface area contributed by atoms with Gasteiger partial charge in [-0.15, -0.1) is 0 Å². The van der Waals surface area contributed by atoms with Crippen molar-refractivity contribution in [3.05, 3.63) is 0 Å². The van der Waals surface area contributed by atoms with Crippen LogP contribution in [0.4, 0.5) is 13.2 Å². The van der Waals surface area contributed by atoms with Crippen LogP contribution in [-0.2, 0) is 14.3 Å². The minimum Gasteiger partial charge on any atom is -0.465 e. The molecule has 0 saturated carbocycles. The van der Waals surface area contributed by atoms with Crippen LogP contribution in [0.3, 0.4) is 0 Å². The van der Waals surface area contributed by atoms with Crippen LogP contribution >= 0.6 is 0 Å². The Hall–Kier alpha value is -1.31. The van der Waals surface area contributed by atoms with Crippen LogP contribution in [0.5, 0.6) is 0 Å². The first-order valence-electron chi connectivity index (χ1n) is 6.47. The van der Waals surface area contributed by atoms with Crippen LogP contribution in [0.15, 0.2) is 0 Å². The molecule has 8 heteroatoms. The summed E-state index contributed by atoms with van der Waals surface area (Å²) in [4.78, 5) is 25.4. The topological polar surface area (TPSA) is 49.9 Å². The van der Waals surface area contributed by atoms with Crippen LogP contribution in [-0.4, -0.2) is 67.2 Å². The number of amides is 1. The fraction of sp³-hybridized carbons (Fsp3) is 0.833. The van der Waals surface area contributed by atoms with E-state index in [1.54, 1.807) is 6.92 Å². The monoisotopic (exact) mass is 296 g/mol. The summed E-state index contributed by atoms with van der Waals surface area (Å²) in [5.74, 6) is -2.79. The fourth-order valence-corrected chi connectivity index (χ4v) is 2.18. The summed E-state index contributed by atoms with van der Waals surface area (Å²) in [6, 6.07) is -0.579. The third kappa shape index (κ3) is 4.66. The second-order valence-electron chi connectivity index (χ2n) is 4.77. The van der Waals surface area contributed by atoms with Crippen molar-refractivity contribution in [3.63, 3.8) is 0 Å². The summed E-state index contributed by atoms with van der Waals surface area (Å²) in [5, 5.41) is 0. The number of alkyl halides is 3. The Labute approximate surface area is 115 Å². The third-order valence-corrected chi connectivity index (χ3v) is 3.24. The predicted molar refractivity (Wildman–Crippen MR) is 64.9 cm³/mol. The lowest BCUT2D eigenvalue weighted by atomic mass is 10.0. The van der Waals surface area contributed by atoms with Crippen molar-refractivity contribution >= 4 is 11.9 Å². The van der Waals surface area contributed by atoms with Gasteiger partial charge in [0.15, 0.2) is 0 Å². The Morgan fingerprint density at radius 2 is 1.85 bits per heavy atom. The molecule has 0 aromatic rings. The molecule has 0 spiro atoms. The van der Waals surface area contributed by atoms with Crippen LogP contribution in [0.2, 0.25) is 0 Å². The molecule has 116 valence electrons. The van der Waals surface area contributed by atoms with Crippen LogP contribution in [0.25, 0.3) is 0 Å². The van der Waals surface area contributed by atoms with Gasteiger partial charge in [-0.3, -0.25) is 9.59 Å². The van der Waals surface area contributed by atoms with Crippen molar-refractivity contribution in [2.45, 2.75) is 32.0 Å². The Kier molecular flexibility index (Phi) is 5.79. The van der Waals surface area contributed by atoms with Crippen LogP contribution in [0.1, 0.15) is 19.8 Å². The minimum atomic E-state index is -4.98. The number of likely N-dealkylation sites (tertiary alicyclic amines) is 1. The standard InChI is InChI=1S/C12H19F3N2O3/c1-3-20-10(18)8-17(11(19)12(13,14)15)9-4-6-16(2)7-5-9/h9H,3-8H2,1-2H3. The molecule has 0 unspecified atom stereocenters. The van der Waals surface area contributed by atoms with Crippen molar-refractivity contribution in [1.82, 2.24) is 9.80 Å². The van der Waals surface area contributed by atoms with Gasteiger partial charge >= 0.3 is 18.1 Å².